The van der Waals surface area contributed by atoms with Crippen molar-refractivity contribution in [2.24, 2.45) is 0 Å². The van der Waals surface area contributed by atoms with Gasteiger partial charge in [0.25, 0.3) is 5.95 Å². The molecule has 0 aromatic carbocycles. The molecule has 2 heterocycles. The Bertz CT molecular complexity index is 572. The number of pyridine rings is 2. The smallest absolute Gasteiger partial charge is 0.251 e. The number of aromatic nitrogens is 2. The molecule has 0 aliphatic carbocycles. The summed E-state index contributed by atoms with van der Waals surface area (Å²) in [6.45, 7) is 2.10. The normalized spacial score (nSPS) is 10.4. The molecule has 0 atom stereocenters. The van der Waals surface area contributed by atoms with E-state index in [0.717, 1.165) is 11.1 Å². The van der Waals surface area contributed by atoms with Gasteiger partial charge in [-0.25, -0.2) is 8.78 Å². The first-order valence-electron chi connectivity index (χ1n) is 5.23. The van der Waals surface area contributed by atoms with Crippen LogP contribution in [0.4, 0.5) is 19.0 Å². The number of aryl methyl sites for hydroxylation is 1. The summed E-state index contributed by atoms with van der Waals surface area (Å²) in [6.07, 6.45) is 3.25. The van der Waals surface area contributed by atoms with E-state index in [1.165, 1.54) is 0 Å². The molecule has 94 valence electrons. The molecule has 0 saturated heterocycles. The van der Waals surface area contributed by atoms with E-state index >= 15 is 0 Å². The summed E-state index contributed by atoms with van der Waals surface area (Å²) in [7, 11) is 0. The van der Waals surface area contributed by atoms with E-state index in [1.54, 1.807) is 18.5 Å². The lowest BCUT2D eigenvalue weighted by Gasteiger charge is -2.08. The predicted molar refractivity (Wildman–Crippen MR) is 60.4 cm³/mol. The minimum absolute atomic E-state index is 0.231. The van der Waals surface area contributed by atoms with Crippen molar-refractivity contribution in [3.63, 3.8) is 0 Å². The third-order valence-electron chi connectivity index (χ3n) is 2.48. The molecule has 0 aliphatic rings. The SMILES string of the molecule is Cc1ccncc1CNc1nc(F)c(F)cc1F. The van der Waals surface area contributed by atoms with E-state index in [0.29, 0.717) is 6.07 Å². The molecular weight excluding hydrogens is 243 g/mol. The van der Waals surface area contributed by atoms with Gasteiger partial charge >= 0.3 is 0 Å². The van der Waals surface area contributed by atoms with Gasteiger partial charge in [0, 0.05) is 25.0 Å². The molecule has 0 amide bonds. The molecule has 0 aliphatic heterocycles. The lowest BCUT2D eigenvalue weighted by Crippen LogP contribution is -2.07. The van der Waals surface area contributed by atoms with Crippen molar-refractivity contribution in [1.82, 2.24) is 9.97 Å². The highest BCUT2D eigenvalue weighted by Crippen LogP contribution is 2.15. The Kier molecular flexibility index (Phi) is 3.45. The summed E-state index contributed by atoms with van der Waals surface area (Å²) in [5.74, 6) is -3.90. The Hall–Kier alpha value is -2.11. The quantitative estimate of drug-likeness (QED) is 0.855. The number of anilines is 1. The van der Waals surface area contributed by atoms with Gasteiger partial charge in [-0.05, 0) is 24.1 Å². The summed E-state index contributed by atoms with van der Waals surface area (Å²) >= 11 is 0. The molecule has 0 spiro atoms. The number of nitrogens with zero attached hydrogens (tertiary/aromatic N) is 2. The number of hydrogen-bond acceptors (Lipinski definition) is 3. The molecule has 0 unspecified atom stereocenters. The number of rotatable bonds is 3. The van der Waals surface area contributed by atoms with Crippen LogP contribution in [-0.4, -0.2) is 9.97 Å². The van der Waals surface area contributed by atoms with Gasteiger partial charge in [-0.1, -0.05) is 0 Å². The zero-order valence-corrected chi connectivity index (χ0v) is 9.54. The minimum atomic E-state index is -1.33. The molecule has 2 aromatic rings. The van der Waals surface area contributed by atoms with E-state index in [2.05, 4.69) is 15.3 Å². The maximum absolute atomic E-state index is 13.3. The summed E-state index contributed by atoms with van der Waals surface area (Å²) in [4.78, 5) is 7.09. The topological polar surface area (TPSA) is 37.8 Å². The van der Waals surface area contributed by atoms with Crippen LogP contribution in [0.1, 0.15) is 11.1 Å². The summed E-state index contributed by atoms with van der Waals surface area (Å²) in [5, 5.41) is 2.61. The standard InChI is InChI=1S/C12H10F3N3/c1-7-2-3-16-5-8(7)6-17-12-10(14)4-9(13)11(15)18-12/h2-5H,6H2,1H3,(H,17,18). The van der Waals surface area contributed by atoms with Gasteiger partial charge < -0.3 is 5.32 Å². The molecule has 0 radical (unpaired) electrons. The zero-order valence-electron chi connectivity index (χ0n) is 9.54. The van der Waals surface area contributed by atoms with Crippen molar-refractivity contribution < 1.29 is 13.2 Å². The first-order chi connectivity index (χ1) is 8.58. The van der Waals surface area contributed by atoms with Crippen molar-refractivity contribution in [2.45, 2.75) is 13.5 Å². The van der Waals surface area contributed by atoms with Crippen LogP contribution in [-0.2, 0) is 6.54 Å². The van der Waals surface area contributed by atoms with Gasteiger partial charge in [0.15, 0.2) is 17.5 Å². The predicted octanol–water partition coefficient (Wildman–Crippen LogP) is 2.81. The number of halogens is 3. The fourth-order valence-electron chi connectivity index (χ4n) is 1.43. The van der Waals surface area contributed by atoms with Gasteiger partial charge in [0.2, 0.25) is 0 Å². The number of nitrogens with one attached hydrogen (secondary N) is 1. The maximum Gasteiger partial charge on any atom is 0.251 e. The van der Waals surface area contributed by atoms with Gasteiger partial charge in [-0.3, -0.25) is 4.98 Å². The van der Waals surface area contributed by atoms with Crippen molar-refractivity contribution in [3.8, 4) is 0 Å². The molecule has 1 N–H and O–H groups in total. The Morgan fingerprint density at radius 2 is 2.00 bits per heavy atom. The summed E-state index contributed by atoms with van der Waals surface area (Å²) in [5.41, 5.74) is 1.78. The molecule has 0 fully saturated rings. The third kappa shape index (κ3) is 2.58. The van der Waals surface area contributed by atoms with E-state index in [4.69, 9.17) is 0 Å². The third-order valence-corrected chi connectivity index (χ3v) is 2.48. The van der Waals surface area contributed by atoms with Crippen LogP contribution < -0.4 is 5.32 Å². The van der Waals surface area contributed by atoms with Crippen LogP contribution in [0.3, 0.4) is 0 Å². The molecule has 2 rings (SSSR count). The number of hydrogen-bond donors (Lipinski definition) is 1. The average molecular weight is 253 g/mol. The van der Waals surface area contributed by atoms with Crippen molar-refractivity contribution in [1.29, 1.82) is 0 Å². The molecule has 3 nitrogen and oxygen atoms in total. The van der Waals surface area contributed by atoms with Gasteiger partial charge in [-0.2, -0.15) is 9.37 Å². The highest BCUT2D eigenvalue weighted by molar-refractivity contribution is 5.38. The van der Waals surface area contributed by atoms with Crippen LogP contribution >= 0.6 is 0 Å². The second kappa shape index (κ2) is 5.03. The van der Waals surface area contributed by atoms with Crippen LogP contribution in [0.15, 0.2) is 24.5 Å². The molecular formula is C12H10F3N3. The van der Waals surface area contributed by atoms with E-state index in [1.807, 2.05) is 6.92 Å². The van der Waals surface area contributed by atoms with Gasteiger partial charge in [0.05, 0.1) is 0 Å². The largest absolute Gasteiger partial charge is 0.363 e. The van der Waals surface area contributed by atoms with Crippen molar-refractivity contribution in [2.75, 3.05) is 5.32 Å². The molecule has 0 saturated carbocycles. The van der Waals surface area contributed by atoms with Crippen LogP contribution in [0.5, 0.6) is 0 Å². The lowest BCUT2D eigenvalue weighted by atomic mass is 10.1. The van der Waals surface area contributed by atoms with Crippen LogP contribution in [0.25, 0.3) is 0 Å². The lowest BCUT2D eigenvalue weighted by molar-refractivity contribution is 0.466. The molecule has 0 bridgehead atoms. The fourth-order valence-corrected chi connectivity index (χ4v) is 1.43. The Morgan fingerprint density at radius 3 is 2.72 bits per heavy atom. The second-order valence-electron chi connectivity index (χ2n) is 3.75. The average Bonchev–Trinajstić information content (AvgIpc) is 2.34. The Morgan fingerprint density at radius 1 is 1.22 bits per heavy atom. The Balaban J connectivity index is 2.16. The first-order valence-corrected chi connectivity index (χ1v) is 5.23. The highest BCUT2D eigenvalue weighted by Gasteiger charge is 2.11. The monoisotopic (exact) mass is 253 g/mol. The minimum Gasteiger partial charge on any atom is -0.363 e. The summed E-state index contributed by atoms with van der Waals surface area (Å²) in [6, 6.07) is 2.26. The van der Waals surface area contributed by atoms with E-state index in [9.17, 15) is 13.2 Å². The van der Waals surface area contributed by atoms with Crippen molar-refractivity contribution in [3.05, 3.63) is 53.2 Å². The van der Waals surface area contributed by atoms with E-state index in [-0.39, 0.29) is 12.4 Å². The van der Waals surface area contributed by atoms with Gasteiger partial charge in [0.1, 0.15) is 0 Å². The zero-order chi connectivity index (χ0) is 13.1. The van der Waals surface area contributed by atoms with Crippen molar-refractivity contribution >= 4 is 5.82 Å². The van der Waals surface area contributed by atoms with Crippen LogP contribution in [0.2, 0.25) is 0 Å². The second-order valence-corrected chi connectivity index (χ2v) is 3.75. The molecule has 18 heavy (non-hydrogen) atoms. The maximum atomic E-state index is 13.3. The first kappa shape index (κ1) is 12.3. The van der Waals surface area contributed by atoms with E-state index < -0.39 is 17.6 Å². The highest BCUT2D eigenvalue weighted by atomic mass is 19.2. The van der Waals surface area contributed by atoms with Gasteiger partial charge in [-0.15, -0.1) is 0 Å². The van der Waals surface area contributed by atoms with Crippen LogP contribution in [0, 0.1) is 24.5 Å². The summed E-state index contributed by atoms with van der Waals surface area (Å²) < 4.78 is 38.8. The Labute approximate surface area is 102 Å². The fraction of sp³-hybridized carbons (Fsp3) is 0.167. The molecule has 6 heteroatoms. The molecule has 2 aromatic heterocycles.